The molecule has 0 spiro atoms. The smallest absolute Gasteiger partial charge is 0.453 e. The summed E-state index contributed by atoms with van der Waals surface area (Å²) in [5.74, 6) is -4.14. The molecule has 0 unspecified atom stereocenters. The molecular formula is C18H19F6NO3. The van der Waals surface area contributed by atoms with Crippen LogP contribution in [0.2, 0.25) is 0 Å². The van der Waals surface area contributed by atoms with Crippen molar-refractivity contribution in [3.05, 3.63) is 29.3 Å². The third-order valence-electron chi connectivity index (χ3n) is 6.23. The Hall–Kier alpha value is -1.52. The van der Waals surface area contributed by atoms with Crippen LogP contribution in [0.4, 0.5) is 26.3 Å². The Morgan fingerprint density at radius 1 is 1.14 bits per heavy atom. The third-order valence-corrected chi connectivity index (χ3v) is 6.23. The van der Waals surface area contributed by atoms with Crippen LogP contribution in [-0.2, 0) is 21.3 Å². The maximum Gasteiger partial charge on any atom is 0.453 e. The molecule has 0 aromatic heterocycles. The van der Waals surface area contributed by atoms with E-state index in [1.807, 2.05) is 0 Å². The third kappa shape index (κ3) is 2.50. The average Bonchev–Trinajstić information content (AvgIpc) is 2.62. The van der Waals surface area contributed by atoms with E-state index in [0.717, 1.165) is 5.56 Å². The first kappa shape index (κ1) is 19.8. The molecule has 0 radical (unpaired) electrons. The van der Waals surface area contributed by atoms with Gasteiger partial charge in [0.25, 0.3) is 0 Å². The van der Waals surface area contributed by atoms with E-state index < -0.39 is 42.3 Å². The molecule has 2 bridgehead atoms. The summed E-state index contributed by atoms with van der Waals surface area (Å²) < 4.78 is 95.9. The normalized spacial score (nSPS) is 32.4. The number of fused-ring (bicyclic) bond motifs is 1. The zero-order chi connectivity index (χ0) is 20.5. The summed E-state index contributed by atoms with van der Waals surface area (Å²) in [5.41, 5.74) is 0.394. The van der Waals surface area contributed by atoms with E-state index in [2.05, 4.69) is 4.74 Å². The molecule has 4 rings (SSSR count). The number of benzene rings is 1. The Morgan fingerprint density at radius 2 is 1.82 bits per heavy atom. The number of methoxy groups -OCH3 is 1. The van der Waals surface area contributed by atoms with Gasteiger partial charge in [0, 0.05) is 11.5 Å². The topological polar surface area (TPSA) is 30.9 Å². The number of halogens is 6. The molecule has 1 aromatic rings. The number of likely N-dealkylation sites (tertiary alicyclic amines) is 1. The highest BCUT2D eigenvalue weighted by atomic mass is 19.4. The highest BCUT2D eigenvalue weighted by Gasteiger charge is 2.79. The molecule has 0 amide bonds. The van der Waals surface area contributed by atoms with Crippen molar-refractivity contribution in [2.75, 3.05) is 27.3 Å². The Kier molecular flexibility index (Phi) is 4.23. The molecule has 0 saturated carbocycles. The summed E-state index contributed by atoms with van der Waals surface area (Å²) in [5, 5.41) is 0. The van der Waals surface area contributed by atoms with Gasteiger partial charge in [-0.05, 0) is 49.7 Å². The monoisotopic (exact) mass is 411 g/mol. The molecule has 0 N–H and O–H groups in total. The van der Waals surface area contributed by atoms with Crippen molar-refractivity contribution in [1.82, 2.24) is 4.90 Å². The second-order valence-electron chi connectivity index (χ2n) is 7.62. The Bertz CT molecular complexity index is 766. The minimum absolute atomic E-state index is 0.286. The number of alkyl halides is 6. The van der Waals surface area contributed by atoms with E-state index in [-0.39, 0.29) is 6.42 Å². The van der Waals surface area contributed by atoms with E-state index >= 15 is 0 Å². The van der Waals surface area contributed by atoms with Crippen molar-refractivity contribution in [1.29, 1.82) is 0 Å². The minimum Gasteiger partial charge on any atom is -0.497 e. The van der Waals surface area contributed by atoms with Crippen molar-refractivity contribution >= 4 is 0 Å². The highest BCUT2D eigenvalue weighted by molar-refractivity contribution is 5.46. The predicted molar refractivity (Wildman–Crippen MR) is 85.1 cm³/mol. The molecule has 1 aromatic carbocycles. The maximum atomic E-state index is 13.5. The first-order chi connectivity index (χ1) is 13.0. The highest BCUT2D eigenvalue weighted by Crippen LogP contribution is 2.57. The molecular weight excluding hydrogens is 392 g/mol. The van der Waals surface area contributed by atoms with Crippen LogP contribution < -0.4 is 4.74 Å². The van der Waals surface area contributed by atoms with Crippen LogP contribution in [0.25, 0.3) is 0 Å². The molecule has 3 atom stereocenters. The van der Waals surface area contributed by atoms with Gasteiger partial charge in [0.05, 0.1) is 19.8 Å². The lowest BCUT2D eigenvalue weighted by molar-refractivity contribution is -0.503. The molecule has 156 valence electrons. The number of nitrogens with zero attached hydrogens (tertiary/aromatic N) is 1. The Morgan fingerprint density at radius 3 is 2.43 bits per heavy atom. The van der Waals surface area contributed by atoms with Crippen LogP contribution in [0.15, 0.2) is 18.2 Å². The quantitative estimate of drug-likeness (QED) is 0.663. The van der Waals surface area contributed by atoms with Crippen LogP contribution in [0, 0.1) is 0 Å². The van der Waals surface area contributed by atoms with Gasteiger partial charge in [-0.25, -0.2) is 0 Å². The van der Waals surface area contributed by atoms with Crippen LogP contribution in [-0.4, -0.2) is 62.5 Å². The summed E-state index contributed by atoms with van der Waals surface area (Å²) in [6, 6.07) is 4.58. The summed E-state index contributed by atoms with van der Waals surface area (Å²) in [6.45, 7) is -0.225. The standard InChI is InChI=1S/C18H19F6NO3/c1-25-6-5-15-9-27-16(17(19,20)21,18(22,23)24)28-14(15)13(25)7-10-3-4-11(26-2)8-12(10)15/h3-4,8,13-14H,5-7,9H2,1-2H3/t13-,14+,15-/m1/s1. The molecule has 1 aliphatic carbocycles. The number of hydrogen-bond donors (Lipinski definition) is 0. The molecule has 28 heavy (non-hydrogen) atoms. The van der Waals surface area contributed by atoms with E-state index in [1.165, 1.54) is 7.11 Å². The lowest BCUT2D eigenvalue weighted by atomic mass is 9.61. The molecule has 2 fully saturated rings. The number of likely N-dealkylation sites (N-methyl/N-ethyl adjacent to an activating group) is 1. The van der Waals surface area contributed by atoms with Crippen LogP contribution in [0.5, 0.6) is 5.75 Å². The van der Waals surface area contributed by atoms with Crippen molar-refractivity contribution in [3.8, 4) is 5.75 Å². The van der Waals surface area contributed by atoms with E-state index in [1.54, 1.807) is 30.1 Å². The molecule has 4 nitrogen and oxygen atoms in total. The van der Waals surface area contributed by atoms with Crippen LogP contribution in [0.3, 0.4) is 0 Å². The molecule has 3 aliphatic rings. The zero-order valence-electron chi connectivity index (χ0n) is 15.2. The molecule has 10 heteroatoms. The summed E-state index contributed by atoms with van der Waals surface area (Å²) in [6.07, 6.45) is -12.2. The van der Waals surface area contributed by atoms with Crippen LogP contribution in [0.1, 0.15) is 17.5 Å². The number of rotatable bonds is 1. The lowest BCUT2D eigenvalue weighted by Crippen LogP contribution is -2.75. The van der Waals surface area contributed by atoms with Crippen LogP contribution >= 0.6 is 0 Å². The first-order valence-corrected chi connectivity index (χ1v) is 8.78. The zero-order valence-corrected chi connectivity index (χ0v) is 15.2. The fourth-order valence-corrected chi connectivity index (χ4v) is 4.71. The minimum atomic E-state index is -5.76. The van der Waals surface area contributed by atoms with Gasteiger partial charge in [-0.3, -0.25) is 0 Å². The predicted octanol–water partition coefficient (Wildman–Crippen LogP) is 3.43. The van der Waals surface area contributed by atoms with Crippen molar-refractivity contribution in [2.45, 2.75) is 48.5 Å². The molecule has 2 aliphatic heterocycles. The van der Waals surface area contributed by atoms with Gasteiger partial charge in [0.15, 0.2) is 0 Å². The number of ether oxygens (including phenoxy) is 3. The second kappa shape index (κ2) is 5.99. The SMILES string of the molecule is COc1ccc2c(c1)[C@]13CCN(C)[C@H](C2)[C@@H]1OC(C(F)(F)F)(C(F)(F)F)OC3. The van der Waals surface area contributed by atoms with Crippen molar-refractivity contribution in [2.24, 2.45) is 0 Å². The van der Waals surface area contributed by atoms with E-state index in [0.29, 0.717) is 24.3 Å². The van der Waals surface area contributed by atoms with Gasteiger partial charge in [-0.15, -0.1) is 0 Å². The molecule has 2 saturated heterocycles. The van der Waals surface area contributed by atoms with Gasteiger partial charge in [0.2, 0.25) is 0 Å². The van der Waals surface area contributed by atoms with Crippen molar-refractivity contribution < 1.29 is 40.6 Å². The number of piperidine rings is 1. The van der Waals surface area contributed by atoms with E-state index in [9.17, 15) is 26.3 Å². The first-order valence-electron chi connectivity index (χ1n) is 8.78. The maximum absolute atomic E-state index is 13.5. The summed E-state index contributed by atoms with van der Waals surface area (Å²) in [7, 11) is 3.13. The fourth-order valence-electron chi connectivity index (χ4n) is 4.71. The van der Waals surface area contributed by atoms with E-state index in [4.69, 9.17) is 9.47 Å². The lowest BCUT2D eigenvalue weighted by Gasteiger charge is -2.60. The largest absolute Gasteiger partial charge is 0.497 e. The van der Waals surface area contributed by atoms with Gasteiger partial charge >= 0.3 is 18.1 Å². The van der Waals surface area contributed by atoms with Gasteiger partial charge in [0.1, 0.15) is 5.75 Å². The Labute approximate surface area is 157 Å². The average molecular weight is 411 g/mol. The van der Waals surface area contributed by atoms with Crippen molar-refractivity contribution in [3.63, 3.8) is 0 Å². The van der Waals surface area contributed by atoms with Gasteiger partial charge < -0.3 is 19.1 Å². The number of hydrogen-bond acceptors (Lipinski definition) is 4. The Balaban J connectivity index is 1.86. The second-order valence-corrected chi connectivity index (χ2v) is 7.62. The molecule has 2 heterocycles. The fraction of sp³-hybridized carbons (Fsp3) is 0.667. The van der Waals surface area contributed by atoms with Gasteiger partial charge in [-0.1, -0.05) is 6.07 Å². The van der Waals surface area contributed by atoms with Gasteiger partial charge in [-0.2, -0.15) is 26.3 Å². The summed E-state index contributed by atoms with van der Waals surface area (Å²) in [4.78, 5) is 1.76. The summed E-state index contributed by atoms with van der Waals surface area (Å²) >= 11 is 0.